The van der Waals surface area contributed by atoms with Crippen LogP contribution in [0.4, 0.5) is 0 Å². The summed E-state index contributed by atoms with van der Waals surface area (Å²) in [7, 11) is 0. The molecule has 0 saturated carbocycles. The van der Waals surface area contributed by atoms with Crippen molar-refractivity contribution < 1.29 is 13.9 Å². The van der Waals surface area contributed by atoms with Crippen LogP contribution in [0.5, 0.6) is 5.75 Å². The van der Waals surface area contributed by atoms with E-state index >= 15 is 0 Å². The summed E-state index contributed by atoms with van der Waals surface area (Å²) < 4.78 is 13.6. The fourth-order valence-corrected chi connectivity index (χ4v) is 3.37. The topological polar surface area (TPSA) is 44.4 Å². The fourth-order valence-electron chi connectivity index (χ4n) is 3.26. The van der Waals surface area contributed by atoms with Crippen molar-refractivity contribution in [2.75, 3.05) is 0 Å². The maximum Gasteiger partial charge on any atom is 0.185 e. The molecule has 4 nitrogen and oxygen atoms in total. The van der Waals surface area contributed by atoms with Crippen molar-refractivity contribution in [3.05, 3.63) is 112 Å². The molecule has 4 rings (SSSR count). The summed E-state index contributed by atoms with van der Waals surface area (Å²) in [6, 6.07) is 18.9. The zero-order valence-corrected chi connectivity index (χ0v) is 18.1. The van der Waals surface area contributed by atoms with Gasteiger partial charge < -0.3 is 13.7 Å². The van der Waals surface area contributed by atoms with Gasteiger partial charge in [0.05, 0.1) is 0 Å². The Morgan fingerprint density at radius 3 is 2.39 bits per heavy atom. The number of aromatic nitrogens is 1. The maximum atomic E-state index is 12.5. The van der Waals surface area contributed by atoms with Gasteiger partial charge in [0.1, 0.15) is 23.9 Å². The van der Waals surface area contributed by atoms with Gasteiger partial charge in [0.2, 0.25) is 0 Å². The highest BCUT2D eigenvalue weighted by molar-refractivity contribution is 6.32. The summed E-state index contributed by atoms with van der Waals surface area (Å²) in [5.74, 6) is 1.93. The average Bonchev–Trinajstić information content (AvgIpc) is 3.46. The van der Waals surface area contributed by atoms with E-state index in [9.17, 15) is 4.79 Å². The minimum absolute atomic E-state index is 0.0830. The number of hydrogen-bond acceptors (Lipinski definition) is 3. The van der Waals surface area contributed by atoms with E-state index in [2.05, 4.69) is 0 Å². The molecule has 4 aromatic rings. The molecule has 31 heavy (non-hydrogen) atoms. The molecule has 0 spiro atoms. The number of nitrogens with zero attached hydrogens (tertiary/aromatic N) is 1. The lowest BCUT2D eigenvalue weighted by molar-refractivity contribution is 0.104. The van der Waals surface area contributed by atoms with Gasteiger partial charge in [0, 0.05) is 28.7 Å². The average molecular weight is 432 g/mol. The van der Waals surface area contributed by atoms with Crippen molar-refractivity contribution in [1.29, 1.82) is 0 Å². The van der Waals surface area contributed by atoms with Gasteiger partial charge in [-0.1, -0.05) is 11.6 Å². The Bertz CT molecular complexity index is 1200. The lowest BCUT2D eigenvalue weighted by Gasteiger charge is -2.08. The second kappa shape index (κ2) is 9.11. The van der Waals surface area contributed by atoms with Crippen LogP contribution in [0, 0.1) is 13.8 Å². The van der Waals surface area contributed by atoms with Gasteiger partial charge in [-0.15, -0.1) is 0 Å². The molecule has 5 heteroatoms. The van der Waals surface area contributed by atoms with Crippen molar-refractivity contribution in [2.45, 2.75) is 20.5 Å². The predicted octanol–water partition coefficient (Wildman–Crippen LogP) is 6.82. The quantitative estimate of drug-likeness (QED) is 0.238. The normalized spacial score (nSPS) is 11.2. The minimum Gasteiger partial charge on any atom is -0.486 e. The Morgan fingerprint density at radius 2 is 1.71 bits per heavy atom. The standard InChI is InChI=1S/C26H22ClNO3/c1-18-15-24(16-19(2)26(18)27)30-17-23-10-9-22(31-23)11-12-25(29)20-5-7-21(8-6-20)28-13-3-4-14-28/h3-16H,17H2,1-2H3/b12-11+. The third kappa shape index (κ3) is 4.98. The molecule has 2 aromatic carbocycles. The van der Waals surface area contributed by atoms with E-state index < -0.39 is 0 Å². The lowest BCUT2D eigenvalue weighted by atomic mass is 10.1. The minimum atomic E-state index is -0.0830. The number of benzene rings is 2. The molecule has 0 N–H and O–H groups in total. The van der Waals surface area contributed by atoms with Crippen LogP contribution in [0.25, 0.3) is 11.8 Å². The largest absolute Gasteiger partial charge is 0.486 e. The number of halogens is 1. The summed E-state index contributed by atoms with van der Waals surface area (Å²) >= 11 is 6.20. The van der Waals surface area contributed by atoms with Crippen LogP contribution >= 0.6 is 11.6 Å². The molecule has 0 aliphatic carbocycles. The molecule has 0 amide bonds. The number of ether oxygens (including phenoxy) is 1. The number of ketones is 1. The van der Waals surface area contributed by atoms with Gasteiger partial charge in [0.15, 0.2) is 5.78 Å². The third-order valence-electron chi connectivity index (χ3n) is 4.93. The zero-order chi connectivity index (χ0) is 21.8. The molecule has 0 atom stereocenters. The lowest BCUT2D eigenvalue weighted by Crippen LogP contribution is -1.96. The number of allylic oxidation sites excluding steroid dienone is 1. The SMILES string of the molecule is Cc1cc(OCc2ccc(/C=C/C(=O)c3ccc(-n4cccc4)cc3)o2)cc(C)c1Cl. The third-order valence-corrected chi connectivity index (χ3v) is 5.52. The zero-order valence-electron chi connectivity index (χ0n) is 17.3. The summed E-state index contributed by atoms with van der Waals surface area (Å²) in [6.07, 6.45) is 7.11. The highest BCUT2D eigenvalue weighted by Crippen LogP contribution is 2.26. The van der Waals surface area contributed by atoms with Gasteiger partial charge in [0.25, 0.3) is 0 Å². The first-order valence-corrected chi connectivity index (χ1v) is 10.3. The number of hydrogen-bond donors (Lipinski definition) is 0. The molecule has 0 bridgehead atoms. The second-order valence-corrected chi connectivity index (χ2v) is 7.68. The summed E-state index contributed by atoms with van der Waals surface area (Å²) in [5, 5.41) is 0.752. The van der Waals surface area contributed by atoms with Gasteiger partial charge in [-0.25, -0.2) is 0 Å². The Balaban J connectivity index is 1.36. The first-order valence-electron chi connectivity index (χ1n) is 9.94. The first-order chi connectivity index (χ1) is 15.0. The highest BCUT2D eigenvalue weighted by atomic mass is 35.5. The Morgan fingerprint density at radius 1 is 1.03 bits per heavy atom. The van der Waals surface area contributed by atoms with E-state index in [-0.39, 0.29) is 5.78 Å². The number of furan rings is 1. The fraction of sp³-hybridized carbons (Fsp3) is 0.115. The number of aryl methyl sites for hydroxylation is 2. The van der Waals surface area contributed by atoms with E-state index in [1.807, 2.05) is 91.5 Å². The van der Waals surface area contributed by atoms with E-state index in [0.717, 1.165) is 27.6 Å². The van der Waals surface area contributed by atoms with Crippen LogP contribution < -0.4 is 4.74 Å². The van der Waals surface area contributed by atoms with Crippen molar-refractivity contribution in [3.8, 4) is 11.4 Å². The molecular weight excluding hydrogens is 410 g/mol. The molecule has 0 aliphatic rings. The van der Waals surface area contributed by atoms with E-state index in [1.165, 1.54) is 6.08 Å². The molecule has 156 valence electrons. The molecule has 2 heterocycles. The Hall–Kier alpha value is -3.50. The number of carbonyl (C=O) groups excluding carboxylic acids is 1. The van der Waals surface area contributed by atoms with Crippen LogP contribution in [-0.4, -0.2) is 10.4 Å². The molecule has 0 saturated heterocycles. The van der Waals surface area contributed by atoms with Crippen molar-refractivity contribution in [1.82, 2.24) is 4.57 Å². The van der Waals surface area contributed by atoms with Gasteiger partial charge in [-0.05, 0) is 97.8 Å². The molecule has 0 aliphatic heterocycles. The smallest absolute Gasteiger partial charge is 0.185 e. The van der Waals surface area contributed by atoms with Crippen LogP contribution in [0.15, 0.2) is 83.6 Å². The molecule has 0 unspecified atom stereocenters. The highest BCUT2D eigenvalue weighted by Gasteiger charge is 2.07. The van der Waals surface area contributed by atoms with Gasteiger partial charge in [-0.3, -0.25) is 4.79 Å². The summed E-state index contributed by atoms with van der Waals surface area (Å²) in [5.41, 5.74) is 3.57. The van der Waals surface area contributed by atoms with Crippen LogP contribution in [0.2, 0.25) is 5.02 Å². The molecule has 0 radical (unpaired) electrons. The van der Waals surface area contributed by atoms with E-state index in [1.54, 1.807) is 6.08 Å². The second-order valence-electron chi connectivity index (χ2n) is 7.30. The Kier molecular flexibility index (Phi) is 6.10. The number of carbonyl (C=O) groups is 1. The van der Waals surface area contributed by atoms with Crippen LogP contribution in [0.3, 0.4) is 0 Å². The van der Waals surface area contributed by atoms with Gasteiger partial charge in [-0.2, -0.15) is 0 Å². The molecule has 2 aromatic heterocycles. The van der Waals surface area contributed by atoms with Crippen molar-refractivity contribution >= 4 is 23.5 Å². The van der Waals surface area contributed by atoms with E-state index in [0.29, 0.717) is 23.7 Å². The number of rotatable bonds is 7. The van der Waals surface area contributed by atoms with Crippen LogP contribution in [-0.2, 0) is 6.61 Å². The summed E-state index contributed by atoms with van der Waals surface area (Å²) in [6.45, 7) is 4.19. The Labute approximate surface area is 186 Å². The van der Waals surface area contributed by atoms with Gasteiger partial charge >= 0.3 is 0 Å². The van der Waals surface area contributed by atoms with E-state index in [4.69, 9.17) is 20.8 Å². The molecule has 0 fully saturated rings. The summed E-state index contributed by atoms with van der Waals surface area (Å²) in [4.78, 5) is 12.5. The van der Waals surface area contributed by atoms with Crippen LogP contribution in [0.1, 0.15) is 33.0 Å². The maximum absolute atomic E-state index is 12.5. The van der Waals surface area contributed by atoms with Crippen molar-refractivity contribution in [3.63, 3.8) is 0 Å². The predicted molar refractivity (Wildman–Crippen MR) is 123 cm³/mol. The first kappa shape index (κ1) is 20.8. The molecular formula is C26H22ClNO3. The monoisotopic (exact) mass is 431 g/mol. The van der Waals surface area contributed by atoms with Crippen molar-refractivity contribution in [2.24, 2.45) is 0 Å².